The second-order valence-corrected chi connectivity index (χ2v) is 8.65. The van der Waals surface area contributed by atoms with Gasteiger partial charge in [-0.2, -0.15) is 0 Å². The Hall–Kier alpha value is -0.990. The molecule has 5 nitrogen and oxygen atoms in total. The number of carbonyl (C=O) groups excluding carboxylic acids is 1. The van der Waals surface area contributed by atoms with E-state index in [2.05, 4.69) is 15.9 Å². The quantitative estimate of drug-likeness (QED) is 0.666. The zero-order valence-electron chi connectivity index (χ0n) is 11.8. The molecule has 0 bridgehead atoms. The van der Waals surface area contributed by atoms with Crippen LogP contribution in [0.1, 0.15) is 0 Å². The van der Waals surface area contributed by atoms with Crippen molar-refractivity contribution in [2.45, 2.75) is 4.90 Å². The minimum atomic E-state index is -4.09. The average Bonchev–Trinajstić information content (AvgIpc) is 2.49. The predicted octanol–water partition coefficient (Wildman–Crippen LogP) is 4.09. The smallest absolute Gasteiger partial charge is 0.264 e. The monoisotopic (exact) mass is 470 g/mol. The number of hydrogen-bond donors (Lipinski definition) is 1. The largest absolute Gasteiger partial charge is 0.368 e. The van der Waals surface area contributed by atoms with Gasteiger partial charge in [-0.25, -0.2) is 8.42 Å². The van der Waals surface area contributed by atoms with E-state index in [-0.39, 0.29) is 25.7 Å². The number of benzene rings is 2. The van der Waals surface area contributed by atoms with Gasteiger partial charge in [-0.05, 0) is 36.4 Å². The summed E-state index contributed by atoms with van der Waals surface area (Å²) in [6, 6.07) is 8.46. The van der Waals surface area contributed by atoms with Crippen molar-refractivity contribution in [3.8, 4) is 0 Å². The average molecular weight is 473 g/mol. The molecule has 0 heterocycles. The number of sulfonamides is 1. The Kier molecular flexibility index (Phi) is 6.04. The van der Waals surface area contributed by atoms with Crippen molar-refractivity contribution in [1.82, 2.24) is 0 Å². The summed E-state index contributed by atoms with van der Waals surface area (Å²) in [5, 5.41) is 0.272. The SMILES string of the molecule is NC(=O)CN(c1cc(Cl)c(Cl)cc1Cl)S(=O)(=O)c1ccc(Br)cc1. The molecule has 128 valence electrons. The molecule has 0 aliphatic carbocycles. The van der Waals surface area contributed by atoms with Gasteiger partial charge in [-0.1, -0.05) is 50.7 Å². The number of hydrogen-bond acceptors (Lipinski definition) is 3. The number of carbonyl (C=O) groups is 1. The van der Waals surface area contributed by atoms with Gasteiger partial charge in [0, 0.05) is 4.47 Å². The highest BCUT2D eigenvalue weighted by Gasteiger charge is 2.28. The maximum Gasteiger partial charge on any atom is 0.264 e. The topological polar surface area (TPSA) is 80.5 Å². The fourth-order valence-electron chi connectivity index (χ4n) is 1.88. The summed E-state index contributed by atoms with van der Waals surface area (Å²) in [4.78, 5) is 11.4. The molecule has 1 amide bonds. The number of anilines is 1. The van der Waals surface area contributed by atoms with Crippen molar-refractivity contribution in [2.75, 3.05) is 10.8 Å². The Balaban J connectivity index is 2.63. The van der Waals surface area contributed by atoms with E-state index in [4.69, 9.17) is 40.5 Å². The van der Waals surface area contributed by atoms with E-state index in [0.29, 0.717) is 4.47 Å². The second kappa shape index (κ2) is 7.49. The second-order valence-electron chi connectivity index (χ2n) is 4.65. The van der Waals surface area contributed by atoms with Crippen LogP contribution in [0, 0.1) is 0 Å². The van der Waals surface area contributed by atoms with Crippen molar-refractivity contribution in [2.24, 2.45) is 5.73 Å². The molecule has 0 atom stereocenters. The number of halogens is 4. The summed E-state index contributed by atoms with van der Waals surface area (Å²) in [5.74, 6) is -0.849. The van der Waals surface area contributed by atoms with E-state index in [0.717, 1.165) is 4.31 Å². The summed E-state index contributed by atoms with van der Waals surface area (Å²) in [5.41, 5.74) is 5.20. The zero-order chi connectivity index (χ0) is 18.1. The van der Waals surface area contributed by atoms with E-state index >= 15 is 0 Å². The van der Waals surface area contributed by atoms with Gasteiger partial charge in [0.2, 0.25) is 5.91 Å². The molecule has 2 N–H and O–H groups in total. The van der Waals surface area contributed by atoms with Crippen molar-refractivity contribution >= 4 is 72.4 Å². The van der Waals surface area contributed by atoms with Crippen molar-refractivity contribution in [1.29, 1.82) is 0 Å². The highest BCUT2D eigenvalue weighted by Crippen LogP contribution is 2.37. The van der Waals surface area contributed by atoms with Gasteiger partial charge in [0.1, 0.15) is 6.54 Å². The lowest BCUT2D eigenvalue weighted by atomic mass is 10.3. The first-order valence-electron chi connectivity index (χ1n) is 6.34. The highest BCUT2D eigenvalue weighted by molar-refractivity contribution is 9.10. The zero-order valence-corrected chi connectivity index (χ0v) is 16.5. The Bertz CT molecular complexity index is 889. The van der Waals surface area contributed by atoms with Crippen molar-refractivity contribution in [3.63, 3.8) is 0 Å². The minimum Gasteiger partial charge on any atom is -0.368 e. The number of nitrogens with zero attached hydrogens (tertiary/aromatic N) is 1. The first-order valence-corrected chi connectivity index (χ1v) is 9.71. The molecule has 2 aromatic carbocycles. The maximum absolute atomic E-state index is 12.9. The summed E-state index contributed by atoms with van der Waals surface area (Å²) >= 11 is 21.1. The van der Waals surface area contributed by atoms with Gasteiger partial charge in [-0.3, -0.25) is 9.10 Å². The summed E-state index contributed by atoms with van der Waals surface area (Å²) in [6.45, 7) is -0.601. The van der Waals surface area contributed by atoms with Crippen LogP contribution in [-0.4, -0.2) is 20.9 Å². The molecule has 24 heavy (non-hydrogen) atoms. The van der Waals surface area contributed by atoms with E-state index in [1.807, 2.05) is 0 Å². The van der Waals surface area contributed by atoms with Crippen LogP contribution in [0.4, 0.5) is 5.69 Å². The molecule has 0 unspecified atom stereocenters. The van der Waals surface area contributed by atoms with Crippen molar-refractivity contribution in [3.05, 3.63) is 55.9 Å². The van der Waals surface area contributed by atoms with Crippen LogP contribution in [0.15, 0.2) is 45.8 Å². The first-order chi connectivity index (χ1) is 11.1. The van der Waals surface area contributed by atoms with E-state index in [1.165, 1.54) is 24.3 Å². The van der Waals surface area contributed by atoms with E-state index in [9.17, 15) is 13.2 Å². The maximum atomic E-state index is 12.9. The Morgan fingerprint density at radius 1 is 1.04 bits per heavy atom. The molecule has 0 radical (unpaired) electrons. The third kappa shape index (κ3) is 4.15. The standard InChI is InChI=1S/C14H10BrCl3N2O3S/c15-8-1-3-9(4-2-8)24(22,23)20(7-14(19)21)13-6-11(17)10(16)5-12(13)18/h1-6H,7H2,(H2,19,21). The number of nitrogens with two attached hydrogens (primary N) is 1. The van der Waals surface area contributed by atoms with Crippen LogP contribution in [0.3, 0.4) is 0 Å². The number of amides is 1. The third-order valence-electron chi connectivity index (χ3n) is 2.96. The molecule has 2 rings (SSSR count). The van der Waals surface area contributed by atoms with Crippen LogP contribution < -0.4 is 10.0 Å². The van der Waals surface area contributed by atoms with Crippen LogP contribution in [0.25, 0.3) is 0 Å². The van der Waals surface area contributed by atoms with Gasteiger partial charge in [0.15, 0.2) is 0 Å². The molecule has 0 saturated heterocycles. The van der Waals surface area contributed by atoms with Crippen LogP contribution in [-0.2, 0) is 14.8 Å². The third-order valence-corrected chi connectivity index (χ3v) is 6.29. The van der Waals surface area contributed by atoms with Crippen molar-refractivity contribution < 1.29 is 13.2 Å². The summed E-state index contributed by atoms with van der Waals surface area (Å²) < 4.78 is 27.3. The van der Waals surface area contributed by atoms with Crippen LogP contribution in [0.5, 0.6) is 0 Å². The lowest BCUT2D eigenvalue weighted by Crippen LogP contribution is -2.38. The number of rotatable bonds is 5. The summed E-state index contributed by atoms with van der Waals surface area (Å²) in [7, 11) is -4.09. The Labute approximate surface area is 162 Å². The summed E-state index contributed by atoms with van der Waals surface area (Å²) in [6.07, 6.45) is 0. The predicted molar refractivity (Wildman–Crippen MR) is 99.3 cm³/mol. The van der Waals surface area contributed by atoms with E-state index in [1.54, 1.807) is 12.1 Å². The molecular weight excluding hydrogens is 462 g/mol. The van der Waals surface area contributed by atoms with Gasteiger partial charge < -0.3 is 5.73 Å². The molecule has 0 aliphatic heterocycles. The first kappa shape index (κ1) is 19.3. The van der Waals surface area contributed by atoms with E-state index < -0.39 is 22.5 Å². The lowest BCUT2D eigenvalue weighted by Gasteiger charge is -2.24. The lowest BCUT2D eigenvalue weighted by molar-refractivity contribution is -0.116. The van der Waals surface area contributed by atoms with Gasteiger partial charge >= 0.3 is 0 Å². The van der Waals surface area contributed by atoms with Gasteiger partial charge in [0.25, 0.3) is 10.0 Å². The number of primary amides is 1. The Morgan fingerprint density at radius 2 is 1.58 bits per heavy atom. The molecule has 0 fully saturated rings. The molecule has 10 heteroatoms. The van der Waals surface area contributed by atoms with Crippen LogP contribution >= 0.6 is 50.7 Å². The Morgan fingerprint density at radius 3 is 2.12 bits per heavy atom. The molecule has 0 spiro atoms. The van der Waals surface area contributed by atoms with Gasteiger partial charge in [-0.15, -0.1) is 0 Å². The van der Waals surface area contributed by atoms with Gasteiger partial charge in [0.05, 0.1) is 25.7 Å². The highest BCUT2D eigenvalue weighted by atomic mass is 79.9. The minimum absolute atomic E-state index is 0.00721. The fraction of sp³-hybridized carbons (Fsp3) is 0.0714. The molecule has 0 aliphatic rings. The molecular formula is C14H10BrCl3N2O3S. The molecule has 0 saturated carbocycles. The fourth-order valence-corrected chi connectivity index (χ4v) is 4.28. The van der Waals surface area contributed by atoms with Crippen LogP contribution in [0.2, 0.25) is 15.1 Å². The molecule has 2 aromatic rings. The molecule has 0 aromatic heterocycles. The normalized spacial score (nSPS) is 11.3.